The lowest BCUT2D eigenvalue weighted by Gasteiger charge is -2.42. The van der Waals surface area contributed by atoms with Gasteiger partial charge < -0.3 is 24.8 Å². The van der Waals surface area contributed by atoms with Crippen LogP contribution in [0.4, 0.5) is 4.79 Å². The van der Waals surface area contributed by atoms with Crippen molar-refractivity contribution in [3.63, 3.8) is 0 Å². The largest absolute Gasteiger partial charge is 0.490 e. The number of aromatic nitrogens is 1. The summed E-state index contributed by atoms with van der Waals surface area (Å²) in [5.41, 5.74) is 3.65. The Morgan fingerprint density at radius 3 is 2.50 bits per heavy atom. The first kappa shape index (κ1) is 29.7. The molecule has 2 aromatic rings. The van der Waals surface area contributed by atoms with Crippen LogP contribution in [-0.4, -0.2) is 51.8 Å². The third kappa shape index (κ3) is 6.89. The zero-order chi connectivity index (χ0) is 29.0. The second kappa shape index (κ2) is 12.5. The van der Waals surface area contributed by atoms with Crippen molar-refractivity contribution in [2.24, 2.45) is 0 Å². The number of allylic oxidation sites excluding steroid dienone is 2. The Kier molecular flexibility index (Phi) is 9.29. The van der Waals surface area contributed by atoms with E-state index in [0.29, 0.717) is 41.5 Å². The molecule has 2 heterocycles. The van der Waals surface area contributed by atoms with Crippen LogP contribution in [0.15, 0.2) is 30.4 Å². The minimum absolute atomic E-state index is 0.0517. The molecule has 0 saturated heterocycles. The van der Waals surface area contributed by atoms with Crippen LogP contribution >= 0.6 is 11.6 Å². The van der Waals surface area contributed by atoms with Gasteiger partial charge in [0.1, 0.15) is 5.75 Å². The highest BCUT2D eigenvalue weighted by molar-refractivity contribution is 6.31. The number of rotatable bonds is 4. The van der Waals surface area contributed by atoms with Crippen LogP contribution in [0.2, 0.25) is 5.02 Å². The number of pyridine rings is 1. The fraction of sp³-hybridized carbons (Fsp3) is 0.516. The number of methoxy groups -OCH3 is 1. The van der Waals surface area contributed by atoms with Crippen LogP contribution in [0.5, 0.6) is 11.6 Å². The number of hydrogen-bond donors (Lipinski definition) is 2. The maximum absolute atomic E-state index is 13.5. The van der Waals surface area contributed by atoms with Crippen LogP contribution in [0, 0.1) is 6.92 Å². The Morgan fingerprint density at radius 1 is 1.12 bits per heavy atom. The summed E-state index contributed by atoms with van der Waals surface area (Å²) in [4.78, 5) is 31.5. The highest BCUT2D eigenvalue weighted by atomic mass is 35.5. The van der Waals surface area contributed by atoms with Crippen LogP contribution in [-0.2, 0) is 19.4 Å². The lowest BCUT2D eigenvalue weighted by atomic mass is 9.89. The van der Waals surface area contributed by atoms with Gasteiger partial charge in [-0.15, -0.1) is 0 Å². The number of carbonyl (C=O) groups is 2. The van der Waals surface area contributed by atoms with Gasteiger partial charge in [0.2, 0.25) is 5.88 Å². The number of hydrogen-bond acceptors (Lipinski definition) is 5. The first-order chi connectivity index (χ1) is 19.0. The predicted octanol–water partition coefficient (Wildman–Crippen LogP) is 6.50. The molecule has 1 aromatic carbocycles. The Hall–Kier alpha value is -3.26. The Balaban J connectivity index is 1.57. The van der Waals surface area contributed by atoms with E-state index in [1.165, 1.54) is 0 Å². The van der Waals surface area contributed by atoms with E-state index < -0.39 is 11.6 Å². The third-order valence-corrected chi connectivity index (χ3v) is 7.86. The molecule has 4 rings (SSSR count). The normalized spacial score (nSPS) is 20.6. The predicted molar refractivity (Wildman–Crippen MR) is 156 cm³/mol. The molecule has 0 radical (unpaired) electrons. The summed E-state index contributed by atoms with van der Waals surface area (Å²) in [5.74, 6) is 0.884. The van der Waals surface area contributed by atoms with Gasteiger partial charge >= 0.3 is 6.09 Å². The standard InChI is InChI=1S/C31H40ClN3O5/c1-19-15-20-9-7-6-8-10-24-25(28(36)33-18-26(20)29(34-19)39-5)16-21(32)17-27(24)40-23-13-11-22(12-14-23)35(30(37)38)31(2,3)4/h6,8,15-17,22-23H,7,9-14,18H2,1-5H3,(H,33,36)(H,37,38)/b8-6+/t22-,23-. The number of carboxylic acid groups (broad SMARTS) is 1. The quantitative estimate of drug-likeness (QED) is 0.408. The summed E-state index contributed by atoms with van der Waals surface area (Å²) in [6, 6.07) is 5.47. The number of nitrogens with zero attached hydrogens (tertiary/aromatic N) is 2. The van der Waals surface area contributed by atoms with Crippen LogP contribution in [0.3, 0.4) is 0 Å². The van der Waals surface area contributed by atoms with Crippen LogP contribution in [0.1, 0.15) is 85.6 Å². The summed E-state index contributed by atoms with van der Waals surface area (Å²) < 4.78 is 12.0. The van der Waals surface area contributed by atoms with Crippen molar-refractivity contribution in [3.8, 4) is 11.6 Å². The van der Waals surface area contributed by atoms with E-state index in [0.717, 1.165) is 48.1 Å². The number of benzene rings is 1. The number of nitrogens with one attached hydrogen (secondary N) is 1. The molecule has 40 heavy (non-hydrogen) atoms. The van der Waals surface area contributed by atoms with Gasteiger partial charge in [-0.2, -0.15) is 0 Å². The molecular formula is C31H40ClN3O5. The molecule has 0 bridgehead atoms. The lowest BCUT2D eigenvalue weighted by molar-refractivity contribution is 0.0366. The molecule has 0 atom stereocenters. The smallest absolute Gasteiger partial charge is 0.407 e. The molecule has 0 unspecified atom stereocenters. The van der Waals surface area contributed by atoms with E-state index in [4.69, 9.17) is 21.1 Å². The van der Waals surface area contributed by atoms with E-state index in [2.05, 4.69) is 22.5 Å². The monoisotopic (exact) mass is 569 g/mol. The SMILES string of the molecule is COc1nc(C)cc2c1CNC(=O)c1cc(Cl)cc(O[C@H]3CC[C@H](N(C(=O)O)C(C)(C)C)CC3)c1C/C=C/CC2. The highest BCUT2D eigenvalue weighted by Crippen LogP contribution is 2.35. The van der Waals surface area contributed by atoms with Gasteiger partial charge in [0.25, 0.3) is 5.91 Å². The lowest BCUT2D eigenvalue weighted by Crippen LogP contribution is -2.52. The van der Waals surface area contributed by atoms with Gasteiger partial charge in [-0.25, -0.2) is 9.78 Å². The average molecular weight is 570 g/mol. The Morgan fingerprint density at radius 2 is 1.85 bits per heavy atom. The van der Waals surface area contributed by atoms with Crippen LogP contribution in [0.25, 0.3) is 0 Å². The zero-order valence-corrected chi connectivity index (χ0v) is 24.8. The number of fused-ring (bicyclic) bond motifs is 2. The van der Waals surface area contributed by atoms with E-state index in [-0.39, 0.29) is 24.6 Å². The molecule has 9 heteroatoms. The van der Waals surface area contributed by atoms with E-state index in [1.807, 2.05) is 33.8 Å². The van der Waals surface area contributed by atoms with Crippen molar-refractivity contribution in [1.29, 1.82) is 0 Å². The molecule has 8 nitrogen and oxygen atoms in total. The Labute approximate surface area is 241 Å². The fourth-order valence-corrected chi connectivity index (χ4v) is 6.07. The number of aryl methyl sites for hydroxylation is 2. The molecule has 2 N–H and O–H groups in total. The van der Waals surface area contributed by atoms with Gasteiger partial charge in [0.15, 0.2) is 0 Å². The highest BCUT2D eigenvalue weighted by Gasteiger charge is 2.36. The number of halogens is 1. The molecule has 2 amide bonds. The molecule has 1 saturated carbocycles. The maximum Gasteiger partial charge on any atom is 0.407 e. The molecule has 0 spiro atoms. The van der Waals surface area contributed by atoms with Gasteiger partial charge in [0.05, 0.1) is 13.2 Å². The second-order valence-electron chi connectivity index (χ2n) is 11.6. The molecule has 1 aromatic heterocycles. The number of amides is 2. The minimum atomic E-state index is -0.893. The molecule has 1 fully saturated rings. The van der Waals surface area contributed by atoms with Crippen molar-refractivity contribution in [2.45, 2.75) is 96.9 Å². The summed E-state index contributed by atoms with van der Waals surface area (Å²) in [7, 11) is 1.59. The molecule has 216 valence electrons. The van der Waals surface area contributed by atoms with Crippen molar-refractivity contribution < 1.29 is 24.2 Å². The number of ether oxygens (including phenoxy) is 2. The Bertz CT molecular complexity index is 1280. The zero-order valence-electron chi connectivity index (χ0n) is 24.1. The van der Waals surface area contributed by atoms with E-state index in [1.54, 1.807) is 24.1 Å². The van der Waals surface area contributed by atoms with Gasteiger partial charge in [0, 0.05) is 45.5 Å². The minimum Gasteiger partial charge on any atom is -0.490 e. The molecule has 2 aliphatic rings. The van der Waals surface area contributed by atoms with Crippen molar-refractivity contribution in [3.05, 3.63) is 63.3 Å². The average Bonchev–Trinajstić information content (AvgIpc) is 2.87. The second-order valence-corrected chi connectivity index (χ2v) is 12.0. The first-order valence-electron chi connectivity index (χ1n) is 14.0. The number of carbonyl (C=O) groups excluding carboxylic acids is 1. The fourth-order valence-electron chi connectivity index (χ4n) is 5.86. The summed E-state index contributed by atoms with van der Waals surface area (Å²) in [6.45, 7) is 7.99. The maximum atomic E-state index is 13.5. The molecule has 1 aliphatic heterocycles. The van der Waals surface area contributed by atoms with Crippen LogP contribution < -0.4 is 14.8 Å². The van der Waals surface area contributed by atoms with Crippen molar-refractivity contribution in [2.75, 3.05) is 7.11 Å². The van der Waals surface area contributed by atoms with Gasteiger partial charge in [-0.1, -0.05) is 23.8 Å². The topological polar surface area (TPSA) is 101 Å². The molecular weight excluding hydrogens is 530 g/mol. The summed E-state index contributed by atoms with van der Waals surface area (Å²) >= 11 is 6.51. The van der Waals surface area contributed by atoms with Crippen molar-refractivity contribution >= 4 is 23.6 Å². The van der Waals surface area contributed by atoms with E-state index >= 15 is 0 Å². The van der Waals surface area contributed by atoms with E-state index in [9.17, 15) is 14.7 Å². The van der Waals surface area contributed by atoms with Gasteiger partial charge in [-0.05, 0) is 96.4 Å². The van der Waals surface area contributed by atoms with Crippen molar-refractivity contribution in [1.82, 2.24) is 15.2 Å². The molecule has 1 aliphatic carbocycles. The third-order valence-electron chi connectivity index (χ3n) is 7.64. The summed E-state index contributed by atoms with van der Waals surface area (Å²) in [5, 5.41) is 13.3. The first-order valence-corrected chi connectivity index (χ1v) is 14.3. The summed E-state index contributed by atoms with van der Waals surface area (Å²) in [6.07, 6.45) is 8.27. The van der Waals surface area contributed by atoms with Gasteiger partial charge in [-0.3, -0.25) is 4.79 Å².